The average molecular weight is 588 g/mol. The number of anilines is 2. The lowest BCUT2D eigenvalue weighted by molar-refractivity contribution is -0.142. The molecule has 2 atom stereocenters. The summed E-state index contributed by atoms with van der Waals surface area (Å²) in [4.78, 5) is 29.8. The van der Waals surface area contributed by atoms with Gasteiger partial charge in [-0.15, -0.1) is 0 Å². The molecule has 0 saturated carbocycles. The molecule has 11 heteroatoms. The van der Waals surface area contributed by atoms with Crippen LogP contribution < -0.4 is 15.1 Å². The minimum Gasteiger partial charge on any atom is -0.480 e. The number of nitriles is 1. The Morgan fingerprint density at radius 2 is 1.55 bits per heavy atom. The minimum atomic E-state index is -3.88. The molecule has 0 aromatic heterocycles. The van der Waals surface area contributed by atoms with Gasteiger partial charge in [-0.1, -0.05) is 42.5 Å². The SMILES string of the molecule is N#Cc1ccccc1N1CCN(c2ccc(C[C@H](NC(=O)[C@@H]3CCCN3S(=O)(=O)c3ccccc3)C(=O)O)cc2)CC1. The van der Waals surface area contributed by atoms with Gasteiger partial charge in [0.1, 0.15) is 18.2 Å². The minimum absolute atomic E-state index is 0.0677. The molecule has 5 rings (SSSR count). The number of piperazine rings is 1. The first-order valence-electron chi connectivity index (χ1n) is 14.0. The largest absolute Gasteiger partial charge is 0.480 e. The number of carboxylic acids is 1. The molecule has 218 valence electrons. The first-order chi connectivity index (χ1) is 20.3. The number of nitrogens with one attached hydrogen (secondary N) is 1. The molecule has 2 fully saturated rings. The first kappa shape index (κ1) is 29.1. The molecule has 0 radical (unpaired) electrons. The molecule has 3 aromatic carbocycles. The van der Waals surface area contributed by atoms with Gasteiger partial charge in [0.05, 0.1) is 16.1 Å². The lowest BCUT2D eigenvalue weighted by Gasteiger charge is -2.37. The quantitative estimate of drug-likeness (QED) is 0.391. The van der Waals surface area contributed by atoms with Crippen LogP contribution in [0.4, 0.5) is 11.4 Å². The summed E-state index contributed by atoms with van der Waals surface area (Å²) in [6, 6.07) is 23.2. The maximum Gasteiger partial charge on any atom is 0.326 e. The van der Waals surface area contributed by atoms with E-state index in [2.05, 4.69) is 21.2 Å². The molecule has 10 nitrogen and oxygen atoms in total. The number of sulfonamides is 1. The van der Waals surface area contributed by atoms with Crippen LogP contribution in [0.25, 0.3) is 0 Å². The highest BCUT2D eigenvalue weighted by molar-refractivity contribution is 7.89. The zero-order chi connectivity index (χ0) is 29.7. The van der Waals surface area contributed by atoms with E-state index in [-0.39, 0.29) is 17.9 Å². The molecule has 0 unspecified atom stereocenters. The summed E-state index contributed by atoms with van der Waals surface area (Å²) in [5, 5.41) is 21.9. The third-order valence-electron chi connectivity index (χ3n) is 7.86. The number of aliphatic carboxylic acids is 1. The standard InChI is InChI=1S/C31H33N5O5S/c32-22-24-7-4-5-10-28(24)35-19-17-34(18-20-35)25-14-12-23(13-15-25)21-27(31(38)39)33-30(37)29-11-6-16-36(29)42(40,41)26-8-2-1-3-9-26/h1-5,7-10,12-15,27,29H,6,11,16-21H2,(H,33,37)(H,38,39)/t27-,29-/m0/s1. The Labute approximate surface area is 245 Å². The average Bonchev–Trinajstić information content (AvgIpc) is 3.53. The molecular formula is C31H33N5O5S. The van der Waals surface area contributed by atoms with Crippen LogP contribution in [0.2, 0.25) is 0 Å². The molecular weight excluding hydrogens is 554 g/mol. The number of carboxylic acid groups (broad SMARTS) is 1. The van der Waals surface area contributed by atoms with Crippen LogP contribution in [0.5, 0.6) is 0 Å². The Balaban J connectivity index is 1.20. The number of carbonyl (C=O) groups is 2. The number of hydrogen-bond donors (Lipinski definition) is 2. The lowest BCUT2D eigenvalue weighted by atomic mass is 10.0. The molecule has 2 aliphatic rings. The number of rotatable bonds is 9. The highest BCUT2D eigenvalue weighted by Crippen LogP contribution is 2.27. The first-order valence-corrected chi connectivity index (χ1v) is 15.4. The Morgan fingerprint density at radius 1 is 0.905 bits per heavy atom. The van der Waals surface area contributed by atoms with Crippen molar-refractivity contribution in [2.45, 2.75) is 36.2 Å². The second-order valence-corrected chi connectivity index (χ2v) is 12.4. The number of hydrogen-bond acceptors (Lipinski definition) is 7. The van der Waals surface area contributed by atoms with Gasteiger partial charge in [-0.05, 0) is 54.8 Å². The van der Waals surface area contributed by atoms with E-state index in [1.165, 1.54) is 16.4 Å². The number of amides is 1. The molecule has 42 heavy (non-hydrogen) atoms. The fourth-order valence-corrected chi connectivity index (χ4v) is 7.29. The van der Waals surface area contributed by atoms with Crippen LogP contribution in [-0.2, 0) is 26.0 Å². The number of para-hydroxylation sites is 1. The van der Waals surface area contributed by atoms with Crippen LogP contribution in [0, 0.1) is 11.3 Å². The maximum atomic E-state index is 13.2. The van der Waals surface area contributed by atoms with E-state index in [0.717, 1.165) is 43.1 Å². The van der Waals surface area contributed by atoms with Crippen molar-refractivity contribution in [2.75, 3.05) is 42.5 Å². The van der Waals surface area contributed by atoms with Crippen molar-refractivity contribution in [3.63, 3.8) is 0 Å². The summed E-state index contributed by atoms with van der Waals surface area (Å²) in [6.45, 7) is 3.29. The van der Waals surface area contributed by atoms with Gasteiger partial charge < -0.3 is 20.2 Å². The van der Waals surface area contributed by atoms with Gasteiger partial charge in [0, 0.05) is 44.8 Å². The zero-order valence-corrected chi connectivity index (χ0v) is 23.9. The van der Waals surface area contributed by atoms with Gasteiger partial charge in [0.25, 0.3) is 0 Å². The van der Waals surface area contributed by atoms with Gasteiger partial charge in [0.15, 0.2) is 0 Å². The molecule has 0 aliphatic carbocycles. The third kappa shape index (κ3) is 6.25. The topological polar surface area (TPSA) is 134 Å². The molecule has 0 bridgehead atoms. The van der Waals surface area contributed by atoms with Gasteiger partial charge in [0.2, 0.25) is 15.9 Å². The highest BCUT2D eigenvalue weighted by atomic mass is 32.2. The van der Waals surface area contributed by atoms with Gasteiger partial charge in [-0.25, -0.2) is 13.2 Å². The van der Waals surface area contributed by atoms with E-state index in [1.807, 2.05) is 48.5 Å². The van der Waals surface area contributed by atoms with Crippen molar-refractivity contribution in [1.82, 2.24) is 9.62 Å². The molecule has 0 spiro atoms. The summed E-state index contributed by atoms with van der Waals surface area (Å²) in [5.41, 5.74) is 3.35. The number of benzene rings is 3. The molecule has 2 N–H and O–H groups in total. The fourth-order valence-electron chi connectivity index (χ4n) is 5.61. The van der Waals surface area contributed by atoms with Crippen molar-refractivity contribution >= 4 is 33.3 Å². The summed E-state index contributed by atoms with van der Waals surface area (Å²) >= 11 is 0. The van der Waals surface area contributed by atoms with Crippen LogP contribution in [0.15, 0.2) is 83.8 Å². The van der Waals surface area contributed by atoms with Crippen molar-refractivity contribution in [2.24, 2.45) is 0 Å². The molecule has 2 saturated heterocycles. The Morgan fingerprint density at radius 3 is 2.21 bits per heavy atom. The van der Waals surface area contributed by atoms with Crippen molar-refractivity contribution < 1.29 is 23.1 Å². The van der Waals surface area contributed by atoms with Crippen LogP contribution in [0.3, 0.4) is 0 Å². The Kier molecular flexibility index (Phi) is 8.75. The smallest absolute Gasteiger partial charge is 0.326 e. The predicted molar refractivity (Wildman–Crippen MR) is 159 cm³/mol. The van der Waals surface area contributed by atoms with Gasteiger partial charge >= 0.3 is 5.97 Å². The number of nitrogens with zero attached hydrogens (tertiary/aromatic N) is 4. The fraction of sp³-hybridized carbons (Fsp3) is 0.323. The summed E-state index contributed by atoms with van der Waals surface area (Å²) in [7, 11) is -3.88. The Hall–Kier alpha value is -4.40. The van der Waals surface area contributed by atoms with E-state index in [9.17, 15) is 28.4 Å². The predicted octanol–water partition coefficient (Wildman–Crippen LogP) is 2.85. The molecule has 3 aromatic rings. The van der Waals surface area contributed by atoms with E-state index in [0.29, 0.717) is 18.4 Å². The van der Waals surface area contributed by atoms with Crippen molar-refractivity contribution in [3.05, 3.63) is 90.0 Å². The molecule has 2 heterocycles. The summed E-state index contributed by atoms with van der Waals surface area (Å²) in [5.74, 6) is -1.79. The van der Waals surface area contributed by atoms with Crippen molar-refractivity contribution in [1.29, 1.82) is 5.26 Å². The third-order valence-corrected chi connectivity index (χ3v) is 9.78. The molecule has 1 amide bonds. The van der Waals surface area contributed by atoms with Crippen LogP contribution in [0.1, 0.15) is 24.0 Å². The van der Waals surface area contributed by atoms with E-state index in [4.69, 9.17) is 0 Å². The van der Waals surface area contributed by atoms with Gasteiger partial charge in [-0.2, -0.15) is 9.57 Å². The molecule has 2 aliphatic heterocycles. The van der Waals surface area contributed by atoms with E-state index in [1.54, 1.807) is 18.2 Å². The summed E-state index contributed by atoms with van der Waals surface area (Å²) < 4.78 is 27.5. The summed E-state index contributed by atoms with van der Waals surface area (Å²) in [6.07, 6.45) is 0.912. The lowest BCUT2D eigenvalue weighted by Crippen LogP contribution is -2.51. The second-order valence-electron chi connectivity index (χ2n) is 10.5. The van der Waals surface area contributed by atoms with E-state index < -0.39 is 34.0 Å². The zero-order valence-electron chi connectivity index (χ0n) is 23.1. The normalized spacial score (nSPS) is 18.3. The van der Waals surface area contributed by atoms with Crippen molar-refractivity contribution in [3.8, 4) is 6.07 Å². The maximum absolute atomic E-state index is 13.2. The Bertz CT molecular complexity index is 1570. The monoisotopic (exact) mass is 587 g/mol. The number of carbonyl (C=O) groups excluding carboxylic acids is 1. The van der Waals surface area contributed by atoms with Gasteiger partial charge in [-0.3, -0.25) is 4.79 Å². The van der Waals surface area contributed by atoms with E-state index >= 15 is 0 Å². The second kappa shape index (κ2) is 12.6. The van der Waals surface area contributed by atoms with Crippen LogP contribution in [-0.4, -0.2) is 74.5 Å². The highest BCUT2D eigenvalue weighted by Gasteiger charge is 2.40. The van der Waals surface area contributed by atoms with Crippen LogP contribution >= 0.6 is 0 Å².